The van der Waals surface area contributed by atoms with Crippen LogP contribution in [0.5, 0.6) is 0 Å². The van der Waals surface area contributed by atoms with Gasteiger partial charge in [-0.15, -0.1) is 0 Å². The molecule has 0 fully saturated rings. The topological polar surface area (TPSA) is 24.6 Å². The fourth-order valence-electron chi connectivity index (χ4n) is 0.957. The van der Waals surface area contributed by atoms with Crippen LogP contribution in [0.15, 0.2) is 18.2 Å². The van der Waals surface area contributed by atoms with Gasteiger partial charge in [-0.1, -0.05) is 6.07 Å². The number of halogens is 2. The summed E-state index contributed by atoms with van der Waals surface area (Å²) in [5.74, 6) is -1.52. The minimum atomic E-state index is -1.18. The van der Waals surface area contributed by atoms with Gasteiger partial charge in [0, 0.05) is 11.6 Å². The number of aliphatic hydroxyl groups is 1. The molecule has 0 aliphatic heterocycles. The Kier molecular flexibility index (Phi) is 2.93. The standard InChI is InChI=1S/C9H7F2NO/c1-12-5-9(13)7-3-2-6(10)4-8(7)11/h2-4,9,13H,5H2. The van der Waals surface area contributed by atoms with E-state index in [9.17, 15) is 13.9 Å². The van der Waals surface area contributed by atoms with Crippen LogP contribution in [0.4, 0.5) is 8.78 Å². The van der Waals surface area contributed by atoms with Crippen molar-refractivity contribution in [2.75, 3.05) is 6.54 Å². The first-order valence-electron chi connectivity index (χ1n) is 3.61. The van der Waals surface area contributed by atoms with Crippen molar-refractivity contribution in [3.05, 3.63) is 46.8 Å². The van der Waals surface area contributed by atoms with E-state index < -0.39 is 17.7 Å². The molecule has 0 saturated heterocycles. The van der Waals surface area contributed by atoms with Gasteiger partial charge in [-0.3, -0.25) is 0 Å². The molecule has 0 radical (unpaired) electrons. The molecule has 1 unspecified atom stereocenters. The highest BCUT2D eigenvalue weighted by Crippen LogP contribution is 2.17. The van der Waals surface area contributed by atoms with Crippen LogP contribution < -0.4 is 0 Å². The van der Waals surface area contributed by atoms with Gasteiger partial charge in [0.25, 0.3) is 0 Å². The lowest BCUT2D eigenvalue weighted by Gasteiger charge is -2.05. The molecule has 1 rings (SSSR count). The number of aliphatic hydroxyl groups excluding tert-OH is 1. The number of hydrogen-bond acceptors (Lipinski definition) is 1. The van der Waals surface area contributed by atoms with Crippen molar-refractivity contribution in [1.82, 2.24) is 0 Å². The molecular weight excluding hydrogens is 176 g/mol. The maximum absolute atomic E-state index is 12.9. The summed E-state index contributed by atoms with van der Waals surface area (Å²) >= 11 is 0. The monoisotopic (exact) mass is 183 g/mol. The highest BCUT2D eigenvalue weighted by Gasteiger charge is 2.15. The Morgan fingerprint density at radius 3 is 2.69 bits per heavy atom. The van der Waals surface area contributed by atoms with Crippen molar-refractivity contribution < 1.29 is 13.9 Å². The molecule has 0 aliphatic carbocycles. The number of rotatable bonds is 2. The van der Waals surface area contributed by atoms with E-state index >= 15 is 0 Å². The van der Waals surface area contributed by atoms with Gasteiger partial charge in [0.1, 0.15) is 11.6 Å². The second-order valence-corrected chi connectivity index (χ2v) is 2.52. The van der Waals surface area contributed by atoms with E-state index in [1.807, 2.05) is 0 Å². The van der Waals surface area contributed by atoms with Crippen molar-refractivity contribution >= 4 is 0 Å². The minimum absolute atomic E-state index is 0.0441. The van der Waals surface area contributed by atoms with Gasteiger partial charge in [-0.2, -0.15) is 0 Å². The maximum Gasteiger partial charge on any atom is 0.244 e. The molecule has 0 spiro atoms. The zero-order valence-corrected chi connectivity index (χ0v) is 6.67. The summed E-state index contributed by atoms with van der Waals surface area (Å²) in [4.78, 5) is 2.92. The Bertz CT molecular complexity index is 346. The third-order valence-corrected chi connectivity index (χ3v) is 1.59. The van der Waals surface area contributed by atoms with Crippen LogP contribution in [-0.2, 0) is 0 Å². The van der Waals surface area contributed by atoms with Crippen molar-refractivity contribution in [1.29, 1.82) is 0 Å². The summed E-state index contributed by atoms with van der Waals surface area (Å²) in [6.45, 7) is 6.24. The first-order valence-corrected chi connectivity index (χ1v) is 3.61. The Labute approximate surface area is 74.3 Å². The van der Waals surface area contributed by atoms with Gasteiger partial charge < -0.3 is 9.95 Å². The molecule has 0 bridgehead atoms. The smallest absolute Gasteiger partial charge is 0.244 e. The summed E-state index contributed by atoms with van der Waals surface area (Å²) in [7, 11) is 0. The van der Waals surface area contributed by atoms with Crippen LogP contribution in [0.1, 0.15) is 11.7 Å². The zero-order valence-electron chi connectivity index (χ0n) is 6.67. The molecule has 1 aromatic carbocycles. The molecule has 0 heterocycles. The van der Waals surface area contributed by atoms with E-state index in [-0.39, 0.29) is 12.1 Å². The van der Waals surface area contributed by atoms with Gasteiger partial charge in [-0.25, -0.2) is 15.4 Å². The van der Waals surface area contributed by atoms with Crippen molar-refractivity contribution in [3.8, 4) is 0 Å². The second-order valence-electron chi connectivity index (χ2n) is 2.52. The molecular formula is C9H7F2NO. The van der Waals surface area contributed by atoms with Crippen LogP contribution in [0.2, 0.25) is 0 Å². The molecule has 1 atom stereocenters. The van der Waals surface area contributed by atoms with Gasteiger partial charge in [0.15, 0.2) is 6.10 Å². The van der Waals surface area contributed by atoms with Gasteiger partial charge in [-0.05, 0) is 6.07 Å². The first-order chi connectivity index (χ1) is 6.15. The van der Waals surface area contributed by atoms with E-state index in [2.05, 4.69) is 4.85 Å². The molecule has 68 valence electrons. The number of benzene rings is 1. The van der Waals surface area contributed by atoms with Crippen molar-refractivity contribution in [2.24, 2.45) is 0 Å². The summed E-state index contributed by atoms with van der Waals surface area (Å²) < 4.78 is 25.3. The fraction of sp³-hybridized carbons (Fsp3) is 0.222. The second kappa shape index (κ2) is 3.97. The molecule has 0 aliphatic rings. The number of nitrogens with zero attached hydrogens (tertiary/aromatic N) is 1. The Balaban J connectivity index is 2.96. The Morgan fingerprint density at radius 1 is 1.46 bits per heavy atom. The SMILES string of the molecule is [C-]#[N+]CC(O)c1ccc(F)cc1F. The van der Waals surface area contributed by atoms with Gasteiger partial charge in [0.2, 0.25) is 6.54 Å². The van der Waals surface area contributed by atoms with E-state index in [4.69, 9.17) is 6.57 Å². The van der Waals surface area contributed by atoms with Crippen molar-refractivity contribution in [3.63, 3.8) is 0 Å². The fourth-order valence-corrected chi connectivity index (χ4v) is 0.957. The average Bonchev–Trinajstić information content (AvgIpc) is 2.04. The molecule has 1 N–H and O–H groups in total. The highest BCUT2D eigenvalue weighted by atomic mass is 19.1. The van der Waals surface area contributed by atoms with E-state index in [1.54, 1.807) is 0 Å². The quantitative estimate of drug-likeness (QED) is 0.696. The molecule has 1 aromatic rings. The van der Waals surface area contributed by atoms with Crippen LogP contribution >= 0.6 is 0 Å². The largest absolute Gasteiger partial charge is 0.380 e. The number of hydrogen-bond donors (Lipinski definition) is 1. The lowest BCUT2D eigenvalue weighted by Crippen LogP contribution is -2.03. The van der Waals surface area contributed by atoms with Crippen LogP contribution in [-0.4, -0.2) is 11.7 Å². The lowest BCUT2D eigenvalue weighted by atomic mass is 10.1. The van der Waals surface area contributed by atoms with Gasteiger partial charge in [0.05, 0.1) is 0 Å². The predicted molar refractivity (Wildman–Crippen MR) is 42.8 cm³/mol. The minimum Gasteiger partial charge on any atom is -0.380 e. The van der Waals surface area contributed by atoms with E-state index in [1.165, 1.54) is 0 Å². The summed E-state index contributed by atoms with van der Waals surface area (Å²) in [5, 5.41) is 9.22. The molecule has 2 nitrogen and oxygen atoms in total. The van der Waals surface area contributed by atoms with E-state index in [0.29, 0.717) is 6.07 Å². The Morgan fingerprint density at radius 2 is 2.15 bits per heavy atom. The molecule has 0 aromatic heterocycles. The zero-order chi connectivity index (χ0) is 9.84. The predicted octanol–water partition coefficient (Wildman–Crippen LogP) is 1.92. The van der Waals surface area contributed by atoms with Gasteiger partial charge >= 0.3 is 0 Å². The maximum atomic E-state index is 12.9. The lowest BCUT2D eigenvalue weighted by molar-refractivity contribution is 0.190. The van der Waals surface area contributed by atoms with Crippen LogP contribution in [0.25, 0.3) is 4.85 Å². The molecule has 4 heteroatoms. The van der Waals surface area contributed by atoms with Crippen LogP contribution in [0, 0.1) is 18.2 Å². The summed E-state index contributed by atoms with van der Waals surface area (Å²) in [6, 6.07) is 2.87. The van der Waals surface area contributed by atoms with Crippen LogP contribution in [0.3, 0.4) is 0 Å². The molecule has 0 saturated carbocycles. The normalized spacial score (nSPS) is 12.2. The highest BCUT2D eigenvalue weighted by molar-refractivity contribution is 5.21. The Hall–Kier alpha value is -1.47. The molecule has 13 heavy (non-hydrogen) atoms. The third-order valence-electron chi connectivity index (χ3n) is 1.59. The summed E-state index contributed by atoms with van der Waals surface area (Å²) in [5.41, 5.74) is -0.0441. The summed E-state index contributed by atoms with van der Waals surface area (Å²) in [6.07, 6.45) is -1.18. The molecule has 0 amide bonds. The third kappa shape index (κ3) is 2.23. The first kappa shape index (κ1) is 9.62. The average molecular weight is 183 g/mol. The van der Waals surface area contributed by atoms with E-state index in [0.717, 1.165) is 12.1 Å². The van der Waals surface area contributed by atoms with Crippen molar-refractivity contribution in [2.45, 2.75) is 6.10 Å².